The number of nitrogens with one attached hydrogen (secondary N) is 2. The maximum absolute atomic E-state index is 14.1. The number of hydrogen-bond donors (Lipinski definition) is 2. The normalized spacial score (nSPS) is 11.3. The number of thiophene rings is 1. The topological polar surface area (TPSA) is 83.6 Å². The third-order valence-corrected chi connectivity index (χ3v) is 6.22. The zero-order valence-corrected chi connectivity index (χ0v) is 15.4. The molecule has 0 fully saturated rings. The molecule has 4 aromatic rings. The summed E-state index contributed by atoms with van der Waals surface area (Å²) in [6.45, 7) is 2.33. The molecule has 9 heteroatoms. The van der Waals surface area contributed by atoms with Crippen LogP contribution in [0.3, 0.4) is 0 Å². The van der Waals surface area contributed by atoms with E-state index < -0.39 is 0 Å². The molecule has 26 heavy (non-hydrogen) atoms. The van der Waals surface area contributed by atoms with Crippen molar-refractivity contribution in [3.8, 4) is 0 Å². The van der Waals surface area contributed by atoms with E-state index in [0.717, 1.165) is 20.7 Å². The van der Waals surface area contributed by atoms with Gasteiger partial charge in [-0.2, -0.15) is 5.10 Å². The van der Waals surface area contributed by atoms with Crippen molar-refractivity contribution in [3.63, 3.8) is 0 Å². The van der Waals surface area contributed by atoms with Gasteiger partial charge in [0.1, 0.15) is 17.2 Å². The van der Waals surface area contributed by atoms with Gasteiger partial charge in [0, 0.05) is 22.5 Å². The Hall–Kier alpha value is -2.52. The van der Waals surface area contributed by atoms with Crippen molar-refractivity contribution in [3.05, 3.63) is 47.8 Å². The summed E-state index contributed by atoms with van der Waals surface area (Å²) >= 11 is 2.76. The summed E-state index contributed by atoms with van der Waals surface area (Å²) in [4.78, 5) is 20.6. The number of amides is 1. The number of hydrogen-bond acceptors (Lipinski definition) is 6. The first kappa shape index (κ1) is 16.9. The fourth-order valence-corrected chi connectivity index (χ4v) is 4.67. The highest BCUT2D eigenvalue weighted by Gasteiger charge is 2.15. The number of aromatic amines is 1. The molecular formula is C17H14FN5OS2. The van der Waals surface area contributed by atoms with Crippen LogP contribution in [0.25, 0.3) is 20.3 Å². The molecule has 3 aromatic heterocycles. The average Bonchev–Trinajstić information content (AvgIpc) is 3.22. The Morgan fingerprint density at radius 3 is 3.08 bits per heavy atom. The van der Waals surface area contributed by atoms with E-state index in [-0.39, 0.29) is 17.5 Å². The molecule has 0 atom stereocenters. The van der Waals surface area contributed by atoms with Crippen molar-refractivity contribution in [1.29, 1.82) is 0 Å². The number of nitrogens with zero attached hydrogens (tertiary/aromatic N) is 3. The number of fused-ring (bicyclic) bond motifs is 3. The van der Waals surface area contributed by atoms with Gasteiger partial charge in [0.25, 0.3) is 0 Å². The van der Waals surface area contributed by atoms with Crippen LogP contribution in [0.5, 0.6) is 0 Å². The summed E-state index contributed by atoms with van der Waals surface area (Å²) < 4.78 is 15.8. The molecule has 2 N–H and O–H groups in total. The Bertz CT molecular complexity index is 1110. The molecule has 0 unspecified atom stereocenters. The SMILES string of the molecule is Cc1[nH]ncc1CNC(=O)CSc1ncnc2c1sc1cccc(F)c12. The minimum absolute atomic E-state index is 0.102. The van der Waals surface area contributed by atoms with E-state index in [1.807, 2.05) is 13.0 Å². The second-order valence-electron chi connectivity index (χ2n) is 5.66. The van der Waals surface area contributed by atoms with Crippen LogP contribution in [0.1, 0.15) is 11.3 Å². The first-order valence-corrected chi connectivity index (χ1v) is 9.64. The standard InChI is InChI=1S/C17H14FN5OS2/c1-9-10(6-22-23-9)5-19-13(24)7-25-17-16-15(20-8-21-17)14-11(18)3-2-4-12(14)26-16/h2-4,6,8H,5,7H2,1H3,(H,19,24)(H,22,23). The van der Waals surface area contributed by atoms with Crippen molar-refractivity contribution < 1.29 is 9.18 Å². The lowest BCUT2D eigenvalue weighted by atomic mass is 10.2. The molecule has 0 saturated carbocycles. The molecule has 4 rings (SSSR count). The van der Waals surface area contributed by atoms with E-state index in [1.165, 1.54) is 35.5 Å². The molecule has 3 heterocycles. The van der Waals surface area contributed by atoms with Crippen LogP contribution >= 0.6 is 23.1 Å². The highest BCUT2D eigenvalue weighted by atomic mass is 32.2. The van der Waals surface area contributed by atoms with Crippen molar-refractivity contribution in [2.75, 3.05) is 5.75 Å². The van der Waals surface area contributed by atoms with Crippen molar-refractivity contribution in [2.24, 2.45) is 0 Å². The van der Waals surface area contributed by atoms with Gasteiger partial charge in [-0.1, -0.05) is 17.8 Å². The molecule has 6 nitrogen and oxygen atoms in total. The number of aromatic nitrogens is 4. The van der Waals surface area contributed by atoms with Gasteiger partial charge >= 0.3 is 0 Å². The number of H-pyrrole nitrogens is 1. The Kier molecular flexibility index (Phi) is 4.56. The van der Waals surface area contributed by atoms with Crippen LogP contribution in [0.4, 0.5) is 4.39 Å². The molecular weight excluding hydrogens is 373 g/mol. The molecule has 0 radical (unpaired) electrons. The smallest absolute Gasteiger partial charge is 0.230 e. The number of thioether (sulfide) groups is 1. The second-order valence-corrected chi connectivity index (χ2v) is 7.67. The molecule has 0 saturated heterocycles. The third kappa shape index (κ3) is 3.15. The third-order valence-electron chi connectivity index (χ3n) is 3.95. The first-order valence-electron chi connectivity index (χ1n) is 7.83. The maximum Gasteiger partial charge on any atom is 0.230 e. The molecule has 1 amide bonds. The second kappa shape index (κ2) is 7.00. The van der Waals surface area contributed by atoms with Crippen molar-refractivity contribution in [1.82, 2.24) is 25.5 Å². The van der Waals surface area contributed by atoms with E-state index >= 15 is 0 Å². The number of benzene rings is 1. The monoisotopic (exact) mass is 387 g/mol. The Morgan fingerprint density at radius 1 is 1.38 bits per heavy atom. The van der Waals surface area contributed by atoms with E-state index in [4.69, 9.17) is 0 Å². The largest absolute Gasteiger partial charge is 0.351 e. The number of carbonyl (C=O) groups is 1. The summed E-state index contributed by atoms with van der Waals surface area (Å²) in [5.74, 6) is -0.175. The zero-order valence-electron chi connectivity index (χ0n) is 13.7. The summed E-state index contributed by atoms with van der Waals surface area (Å²) in [6, 6.07) is 4.96. The van der Waals surface area contributed by atoms with Gasteiger partial charge < -0.3 is 5.32 Å². The van der Waals surface area contributed by atoms with Crippen LogP contribution in [-0.2, 0) is 11.3 Å². The molecule has 1 aromatic carbocycles. The van der Waals surface area contributed by atoms with Crippen LogP contribution in [0.15, 0.2) is 35.7 Å². The summed E-state index contributed by atoms with van der Waals surface area (Å²) in [5.41, 5.74) is 2.48. The van der Waals surface area contributed by atoms with E-state index in [0.29, 0.717) is 22.5 Å². The lowest BCUT2D eigenvalue weighted by Gasteiger charge is -2.04. The van der Waals surface area contributed by atoms with Crippen LogP contribution in [0, 0.1) is 12.7 Å². The Labute approximate surface area is 156 Å². The molecule has 0 spiro atoms. The van der Waals surface area contributed by atoms with Crippen LogP contribution in [0.2, 0.25) is 0 Å². The highest BCUT2D eigenvalue weighted by Crippen LogP contribution is 2.38. The number of aryl methyl sites for hydroxylation is 1. The maximum atomic E-state index is 14.1. The number of halogens is 1. The van der Waals surface area contributed by atoms with Gasteiger partial charge in [-0.05, 0) is 19.1 Å². The number of carbonyl (C=O) groups excluding carboxylic acids is 1. The zero-order chi connectivity index (χ0) is 18.1. The first-order chi connectivity index (χ1) is 12.6. The Balaban J connectivity index is 1.50. The summed E-state index contributed by atoms with van der Waals surface area (Å²) in [6.07, 6.45) is 3.11. The van der Waals surface area contributed by atoms with E-state index in [2.05, 4.69) is 25.5 Å². The van der Waals surface area contributed by atoms with Crippen molar-refractivity contribution in [2.45, 2.75) is 18.5 Å². The van der Waals surface area contributed by atoms with Gasteiger partial charge in [0.2, 0.25) is 5.91 Å². The fraction of sp³-hybridized carbons (Fsp3) is 0.176. The van der Waals surface area contributed by atoms with Gasteiger partial charge in [-0.25, -0.2) is 14.4 Å². The average molecular weight is 387 g/mol. The van der Waals surface area contributed by atoms with E-state index in [1.54, 1.807) is 12.3 Å². The van der Waals surface area contributed by atoms with Crippen LogP contribution < -0.4 is 5.32 Å². The van der Waals surface area contributed by atoms with Crippen LogP contribution in [-0.4, -0.2) is 31.8 Å². The molecule has 0 aliphatic rings. The number of rotatable bonds is 5. The van der Waals surface area contributed by atoms with E-state index in [9.17, 15) is 9.18 Å². The lowest BCUT2D eigenvalue weighted by molar-refractivity contribution is -0.118. The minimum Gasteiger partial charge on any atom is -0.351 e. The van der Waals surface area contributed by atoms with Crippen molar-refractivity contribution >= 4 is 49.3 Å². The summed E-state index contributed by atoms with van der Waals surface area (Å²) in [7, 11) is 0. The highest BCUT2D eigenvalue weighted by molar-refractivity contribution is 8.00. The van der Waals surface area contributed by atoms with Gasteiger partial charge in [-0.15, -0.1) is 11.3 Å². The fourth-order valence-electron chi connectivity index (χ4n) is 2.59. The predicted molar refractivity (Wildman–Crippen MR) is 101 cm³/mol. The summed E-state index contributed by atoms with van der Waals surface area (Å²) in [5, 5.41) is 10.8. The molecule has 0 aliphatic heterocycles. The lowest BCUT2D eigenvalue weighted by Crippen LogP contribution is -2.24. The van der Waals surface area contributed by atoms with Gasteiger partial charge in [0.15, 0.2) is 0 Å². The van der Waals surface area contributed by atoms with Gasteiger partial charge in [0.05, 0.1) is 27.6 Å². The Morgan fingerprint density at radius 2 is 2.27 bits per heavy atom. The predicted octanol–water partition coefficient (Wildman–Crippen LogP) is 3.42. The molecule has 0 bridgehead atoms. The molecule has 0 aliphatic carbocycles. The molecule has 132 valence electrons. The quantitative estimate of drug-likeness (QED) is 0.405. The minimum atomic E-state index is -0.295. The van der Waals surface area contributed by atoms with Gasteiger partial charge in [-0.3, -0.25) is 9.89 Å².